The highest BCUT2D eigenvalue weighted by molar-refractivity contribution is 6.18. The fourth-order valence-corrected chi connectivity index (χ4v) is 3.88. The number of hydrogen-bond acceptors (Lipinski definition) is 2. The second-order valence-corrected chi connectivity index (χ2v) is 6.59. The van der Waals surface area contributed by atoms with Gasteiger partial charge < -0.3 is 10.1 Å². The molecule has 0 bridgehead atoms. The normalized spacial score (nSPS) is 37.0. The van der Waals surface area contributed by atoms with Crippen LogP contribution in [0.3, 0.4) is 0 Å². The molecule has 3 heteroatoms. The van der Waals surface area contributed by atoms with Crippen LogP contribution in [0.2, 0.25) is 0 Å². The minimum Gasteiger partial charge on any atom is -0.378 e. The summed E-state index contributed by atoms with van der Waals surface area (Å²) in [5.74, 6) is 1.58. The Morgan fingerprint density at radius 2 is 2.22 bits per heavy atom. The summed E-state index contributed by atoms with van der Waals surface area (Å²) in [6, 6.07) is 0. The molecule has 3 unspecified atom stereocenters. The van der Waals surface area contributed by atoms with Crippen LogP contribution in [0.1, 0.15) is 58.3 Å². The van der Waals surface area contributed by atoms with Crippen LogP contribution in [0.5, 0.6) is 0 Å². The van der Waals surface area contributed by atoms with Crippen molar-refractivity contribution >= 4 is 11.6 Å². The molecule has 3 atom stereocenters. The SMILES string of the molecule is CC1CCCC(CCl)(NCCCC2CCCO2)C1. The zero-order valence-electron chi connectivity index (χ0n) is 11.7. The fraction of sp³-hybridized carbons (Fsp3) is 1.00. The van der Waals surface area contributed by atoms with Gasteiger partial charge in [0.2, 0.25) is 0 Å². The van der Waals surface area contributed by atoms with E-state index < -0.39 is 0 Å². The van der Waals surface area contributed by atoms with Crippen molar-refractivity contribution in [2.75, 3.05) is 19.0 Å². The third kappa shape index (κ3) is 4.11. The molecule has 1 N–H and O–H groups in total. The standard InChI is InChI=1S/C15H28ClNO/c1-13-5-2-8-15(11-13,12-16)17-9-3-6-14-7-4-10-18-14/h13-14,17H,2-12H2,1H3. The topological polar surface area (TPSA) is 21.3 Å². The number of alkyl halides is 1. The van der Waals surface area contributed by atoms with Crippen LogP contribution in [0.4, 0.5) is 0 Å². The maximum absolute atomic E-state index is 6.22. The zero-order chi connectivity index (χ0) is 12.8. The summed E-state index contributed by atoms with van der Waals surface area (Å²) in [6.45, 7) is 4.43. The van der Waals surface area contributed by atoms with Crippen molar-refractivity contribution in [3.63, 3.8) is 0 Å². The van der Waals surface area contributed by atoms with Gasteiger partial charge in [0.15, 0.2) is 0 Å². The van der Waals surface area contributed by atoms with Crippen LogP contribution >= 0.6 is 11.6 Å². The predicted molar refractivity (Wildman–Crippen MR) is 77.3 cm³/mol. The van der Waals surface area contributed by atoms with E-state index in [1.54, 1.807) is 0 Å². The number of hydrogen-bond donors (Lipinski definition) is 1. The lowest BCUT2D eigenvalue weighted by molar-refractivity contribution is 0.101. The molecular weight excluding hydrogens is 246 g/mol. The van der Waals surface area contributed by atoms with Gasteiger partial charge in [-0.15, -0.1) is 11.6 Å². The molecule has 2 aliphatic rings. The molecule has 0 aromatic rings. The lowest BCUT2D eigenvalue weighted by Crippen LogP contribution is -2.50. The van der Waals surface area contributed by atoms with E-state index in [2.05, 4.69) is 12.2 Å². The van der Waals surface area contributed by atoms with E-state index in [4.69, 9.17) is 16.3 Å². The van der Waals surface area contributed by atoms with E-state index in [9.17, 15) is 0 Å². The van der Waals surface area contributed by atoms with E-state index in [1.807, 2.05) is 0 Å². The lowest BCUT2D eigenvalue weighted by Gasteiger charge is -2.39. The molecular formula is C15H28ClNO. The van der Waals surface area contributed by atoms with Crippen LogP contribution in [0.15, 0.2) is 0 Å². The minimum atomic E-state index is 0.218. The van der Waals surface area contributed by atoms with E-state index in [0.29, 0.717) is 6.10 Å². The molecule has 2 fully saturated rings. The third-order valence-electron chi connectivity index (χ3n) is 4.57. The van der Waals surface area contributed by atoms with Crippen molar-refractivity contribution < 1.29 is 4.74 Å². The number of nitrogens with one attached hydrogen (secondary N) is 1. The van der Waals surface area contributed by atoms with Gasteiger partial charge in [-0.1, -0.05) is 19.8 Å². The van der Waals surface area contributed by atoms with Gasteiger partial charge >= 0.3 is 0 Å². The summed E-state index contributed by atoms with van der Waals surface area (Å²) in [5, 5.41) is 3.75. The Balaban J connectivity index is 1.66. The third-order valence-corrected chi connectivity index (χ3v) is 5.09. The molecule has 0 spiro atoms. The zero-order valence-corrected chi connectivity index (χ0v) is 12.5. The maximum atomic E-state index is 6.22. The van der Waals surface area contributed by atoms with Gasteiger partial charge in [0, 0.05) is 18.0 Å². The van der Waals surface area contributed by atoms with Crippen LogP contribution in [-0.4, -0.2) is 30.7 Å². The second-order valence-electron chi connectivity index (χ2n) is 6.32. The summed E-state index contributed by atoms with van der Waals surface area (Å²) in [5.41, 5.74) is 0.218. The Kier molecular flexibility index (Phi) is 5.78. The van der Waals surface area contributed by atoms with Crippen LogP contribution < -0.4 is 5.32 Å². The summed E-state index contributed by atoms with van der Waals surface area (Å²) in [4.78, 5) is 0. The van der Waals surface area contributed by atoms with Gasteiger partial charge in [-0.05, 0) is 51.0 Å². The summed E-state index contributed by atoms with van der Waals surface area (Å²) < 4.78 is 5.66. The lowest BCUT2D eigenvalue weighted by atomic mass is 9.77. The quantitative estimate of drug-likeness (QED) is 0.588. The van der Waals surface area contributed by atoms with Crippen molar-refractivity contribution in [1.82, 2.24) is 5.32 Å². The largest absolute Gasteiger partial charge is 0.378 e. The Morgan fingerprint density at radius 3 is 2.89 bits per heavy atom. The van der Waals surface area contributed by atoms with E-state index in [-0.39, 0.29) is 5.54 Å². The van der Waals surface area contributed by atoms with E-state index >= 15 is 0 Å². The van der Waals surface area contributed by atoms with E-state index in [1.165, 1.54) is 51.4 Å². The molecule has 106 valence electrons. The van der Waals surface area contributed by atoms with E-state index in [0.717, 1.165) is 24.9 Å². The Morgan fingerprint density at radius 1 is 1.33 bits per heavy atom. The smallest absolute Gasteiger partial charge is 0.0576 e. The summed E-state index contributed by atoms with van der Waals surface area (Å²) in [7, 11) is 0. The van der Waals surface area contributed by atoms with Crippen molar-refractivity contribution in [3.8, 4) is 0 Å². The predicted octanol–water partition coefficient (Wildman–Crippen LogP) is 3.72. The highest BCUT2D eigenvalue weighted by Crippen LogP contribution is 2.33. The first-order valence-electron chi connectivity index (χ1n) is 7.67. The first-order valence-corrected chi connectivity index (χ1v) is 8.20. The van der Waals surface area contributed by atoms with Gasteiger partial charge in [-0.3, -0.25) is 0 Å². The molecule has 18 heavy (non-hydrogen) atoms. The van der Waals surface area contributed by atoms with Crippen LogP contribution in [0, 0.1) is 5.92 Å². The van der Waals surface area contributed by atoms with Crippen LogP contribution in [-0.2, 0) is 4.74 Å². The molecule has 2 nitrogen and oxygen atoms in total. The van der Waals surface area contributed by atoms with Crippen molar-refractivity contribution in [2.24, 2.45) is 5.92 Å². The number of halogens is 1. The Bertz CT molecular complexity index is 243. The Hall–Kier alpha value is 0.210. The van der Waals surface area contributed by atoms with Crippen LogP contribution in [0.25, 0.3) is 0 Å². The first-order chi connectivity index (χ1) is 8.74. The average molecular weight is 274 g/mol. The Labute approximate surface area is 117 Å². The summed E-state index contributed by atoms with van der Waals surface area (Å²) in [6.07, 6.45) is 10.7. The van der Waals surface area contributed by atoms with Gasteiger partial charge in [0.05, 0.1) is 6.10 Å². The monoisotopic (exact) mass is 273 g/mol. The molecule has 1 aliphatic heterocycles. The molecule has 0 aromatic heterocycles. The average Bonchev–Trinajstić information content (AvgIpc) is 2.88. The molecule has 1 saturated heterocycles. The van der Waals surface area contributed by atoms with Gasteiger partial charge in [-0.25, -0.2) is 0 Å². The van der Waals surface area contributed by atoms with Gasteiger partial charge in [-0.2, -0.15) is 0 Å². The van der Waals surface area contributed by atoms with Gasteiger partial charge in [0.25, 0.3) is 0 Å². The minimum absolute atomic E-state index is 0.218. The number of rotatable bonds is 6. The molecule has 1 aliphatic carbocycles. The maximum Gasteiger partial charge on any atom is 0.0576 e. The number of ether oxygens (including phenoxy) is 1. The molecule has 1 heterocycles. The molecule has 0 amide bonds. The molecule has 0 aromatic carbocycles. The molecule has 2 rings (SSSR count). The molecule has 0 radical (unpaired) electrons. The fourth-order valence-electron chi connectivity index (χ4n) is 3.54. The highest BCUT2D eigenvalue weighted by Gasteiger charge is 2.33. The molecule has 1 saturated carbocycles. The van der Waals surface area contributed by atoms with Crippen molar-refractivity contribution in [2.45, 2.75) is 69.9 Å². The highest BCUT2D eigenvalue weighted by atomic mass is 35.5. The van der Waals surface area contributed by atoms with Gasteiger partial charge in [0.1, 0.15) is 0 Å². The summed E-state index contributed by atoms with van der Waals surface area (Å²) >= 11 is 6.22. The van der Waals surface area contributed by atoms with Crippen molar-refractivity contribution in [3.05, 3.63) is 0 Å². The first kappa shape index (κ1) is 14.6. The second kappa shape index (κ2) is 7.12. The van der Waals surface area contributed by atoms with Crippen molar-refractivity contribution in [1.29, 1.82) is 0 Å².